The summed E-state index contributed by atoms with van der Waals surface area (Å²) in [6, 6.07) is 0. The van der Waals surface area contributed by atoms with Gasteiger partial charge in [-0.05, 0) is 12.8 Å². The van der Waals surface area contributed by atoms with E-state index in [2.05, 4.69) is 10.1 Å². The van der Waals surface area contributed by atoms with E-state index in [1.807, 2.05) is 0 Å². The second-order valence-corrected chi connectivity index (χ2v) is 5.50. The van der Waals surface area contributed by atoms with Crippen LogP contribution in [0.5, 0.6) is 5.75 Å². The van der Waals surface area contributed by atoms with Gasteiger partial charge >= 0.3 is 11.9 Å². The van der Waals surface area contributed by atoms with Crippen molar-refractivity contribution in [3.63, 3.8) is 0 Å². The lowest BCUT2D eigenvalue weighted by Crippen LogP contribution is -2.24. The molecule has 156 valence electrons. The molecule has 28 heavy (non-hydrogen) atoms. The summed E-state index contributed by atoms with van der Waals surface area (Å²) in [5.74, 6) is -15.1. The van der Waals surface area contributed by atoms with Gasteiger partial charge < -0.3 is 14.8 Å². The van der Waals surface area contributed by atoms with Crippen LogP contribution in [-0.4, -0.2) is 31.0 Å². The minimum atomic E-state index is -2.37. The van der Waals surface area contributed by atoms with Crippen LogP contribution >= 0.6 is 0 Å². The molecule has 0 heterocycles. The largest absolute Gasteiger partial charge is 0.466 e. The maximum Gasteiger partial charge on any atom is 0.311 e. The highest BCUT2D eigenvalue weighted by atomic mass is 19.2. The number of amides is 1. The van der Waals surface area contributed by atoms with E-state index in [9.17, 15) is 36.3 Å². The van der Waals surface area contributed by atoms with Gasteiger partial charge in [-0.15, -0.1) is 0 Å². The van der Waals surface area contributed by atoms with Gasteiger partial charge in [0.25, 0.3) is 0 Å². The Kier molecular flexibility index (Phi) is 9.33. The van der Waals surface area contributed by atoms with Crippen LogP contribution in [-0.2, 0) is 19.1 Å². The molecule has 0 saturated heterocycles. The van der Waals surface area contributed by atoms with E-state index in [4.69, 9.17) is 4.74 Å². The van der Waals surface area contributed by atoms with Crippen LogP contribution in [0.4, 0.5) is 22.0 Å². The molecule has 1 rings (SSSR count). The van der Waals surface area contributed by atoms with E-state index in [-0.39, 0.29) is 25.4 Å². The number of nitrogens with one attached hydrogen (secondary N) is 1. The molecule has 1 amide bonds. The molecular formula is C17H18F5NO5. The Morgan fingerprint density at radius 1 is 0.821 bits per heavy atom. The van der Waals surface area contributed by atoms with Crippen LogP contribution in [0.25, 0.3) is 0 Å². The number of hydrogen-bond donors (Lipinski definition) is 1. The molecular weight excluding hydrogens is 393 g/mol. The number of carbonyl (C=O) groups is 3. The van der Waals surface area contributed by atoms with Crippen molar-refractivity contribution < 1.29 is 45.8 Å². The predicted octanol–water partition coefficient (Wildman–Crippen LogP) is 2.92. The van der Waals surface area contributed by atoms with Gasteiger partial charge in [-0.2, -0.15) is 8.78 Å². The van der Waals surface area contributed by atoms with Gasteiger partial charge in [0.15, 0.2) is 0 Å². The summed E-state index contributed by atoms with van der Waals surface area (Å²) in [5.41, 5.74) is 0. The molecule has 1 aromatic rings. The quantitative estimate of drug-likeness (QED) is 0.160. The fourth-order valence-corrected chi connectivity index (χ4v) is 1.90. The van der Waals surface area contributed by atoms with Crippen molar-refractivity contribution in [2.45, 2.75) is 39.0 Å². The minimum Gasteiger partial charge on any atom is -0.466 e. The summed E-state index contributed by atoms with van der Waals surface area (Å²) in [4.78, 5) is 33.9. The van der Waals surface area contributed by atoms with Gasteiger partial charge in [-0.3, -0.25) is 14.4 Å². The molecule has 0 aliphatic rings. The van der Waals surface area contributed by atoms with Gasteiger partial charge in [-0.1, -0.05) is 6.92 Å². The number of halogens is 5. The monoisotopic (exact) mass is 411 g/mol. The smallest absolute Gasteiger partial charge is 0.311 e. The Morgan fingerprint density at radius 2 is 1.36 bits per heavy atom. The second-order valence-electron chi connectivity index (χ2n) is 5.50. The maximum atomic E-state index is 13.4. The lowest BCUT2D eigenvalue weighted by molar-refractivity contribution is -0.144. The first kappa shape index (κ1) is 23.3. The van der Waals surface area contributed by atoms with Gasteiger partial charge in [0.1, 0.15) is 0 Å². The molecule has 0 saturated carbocycles. The highest BCUT2D eigenvalue weighted by molar-refractivity contribution is 5.75. The Balaban J connectivity index is 2.36. The van der Waals surface area contributed by atoms with Crippen LogP contribution < -0.4 is 10.1 Å². The van der Waals surface area contributed by atoms with Gasteiger partial charge in [0.2, 0.25) is 40.7 Å². The maximum absolute atomic E-state index is 13.4. The van der Waals surface area contributed by atoms with E-state index < -0.39 is 53.2 Å². The third-order valence-corrected chi connectivity index (χ3v) is 3.37. The molecule has 0 atom stereocenters. The van der Waals surface area contributed by atoms with Crippen molar-refractivity contribution in [3.8, 4) is 5.75 Å². The highest BCUT2D eigenvalue weighted by Gasteiger charge is 2.28. The van der Waals surface area contributed by atoms with Crippen molar-refractivity contribution in [2.75, 3.05) is 13.2 Å². The fraction of sp³-hybridized carbons (Fsp3) is 0.471. The standard InChI is InChI=1S/C17H18F5NO5/c1-2-9(24)23-7-4-8-27-10(25)5-3-6-11(26)28-17-15(21)13(19)12(18)14(20)16(17)22/h2-8H2,1H3,(H,23,24). The predicted molar refractivity (Wildman–Crippen MR) is 84.6 cm³/mol. The Labute approximate surface area is 157 Å². The van der Waals surface area contributed by atoms with E-state index in [0.29, 0.717) is 19.4 Å². The molecule has 6 nitrogen and oxygen atoms in total. The molecule has 0 bridgehead atoms. The number of rotatable bonds is 10. The van der Waals surface area contributed by atoms with Gasteiger partial charge in [-0.25, -0.2) is 13.2 Å². The van der Waals surface area contributed by atoms with Crippen LogP contribution in [0.15, 0.2) is 0 Å². The Morgan fingerprint density at radius 3 is 1.93 bits per heavy atom. The van der Waals surface area contributed by atoms with Crippen molar-refractivity contribution in [1.82, 2.24) is 5.32 Å². The summed E-state index contributed by atoms with van der Waals surface area (Å²) in [6.45, 7) is 2.05. The lowest BCUT2D eigenvalue weighted by Gasteiger charge is -2.09. The van der Waals surface area contributed by atoms with Crippen molar-refractivity contribution in [3.05, 3.63) is 29.1 Å². The average molecular weight is 411 g/mol. The molecule has 0 unspecified atom stereocenters. The van der Waals surface area contributed by atoms with Crippen LogP contribution in [0.1, 0.15) is 39.0 Å². The van der Waals surface area contributed by atoms with Gasteiger partial charge in [0.05, 0.1) is 6.61 Å². The third kappa shape index (κ3) is 6.78. The number of ether oxygens (including phenoxy) is 2. The fourth-order valence-electron chi connectivity index (χ4n) is 1.90. The lowest BCUT2D eigenvalue weighted by atomic mass is 10.2. The van der Waals surface area contributed by atoms with Crippen molar-refractivity contribution in [2.24, 2.45) is 0 Å². The van der Waals surface area contributed by atoms with Crippen molar-refractivity contribution in [1.29, 1.82) is 0 Å². The minimum absolute atomic E-state index is 0.0395. The molecule has 0 aliphatic heterocycles. The topological polar surface area (TPSA) is 81.7 Å². The zero-order chi connectivity index (χ0) is 21.3. The number of carbonyl (C=O) groups excluding carboxylic acids is 3. The molecule has 0 aliphatic carbocycles. The number of benzene rings is 1. The summed E-state index contributed by atoms with van der Waals surface area (Å²) >= 11 is 0. The summed E-state index contributed by atoms with van der Waals surface area (Å²) in [6.07, 6.45) is -0.144. The van der Waals surface area contributed by atoms with Crippen molar-refractivity contribution >= 4 is 17.8 Å². The zero-order valence-corrected chi connectivity index (χ0v) is 14.9. The molecule has 11 heteroatoms. The summed E-state index contributed by atoms with van der Waals surface area (Å²) in [5, 5.41) is 2.58. The summed E-state index contributed by atoms with van der Waals surface area (Å²) in [7, 11) is 0. The first-order chi connectivity index (χ1) is 13.2. The molecule has 1 N–H and O–H groups in total. The van der Waals surface area contributed by atoms with E-state index in [1.165, 1.54) is 0 Å². The zero-order valence-electron chi connectivity index (χ0n) is 14.9. The highest BCUT2D eigenvalue weighted by Crippen LogP contribution is 2.29. The third-order valence-electron chi connectivity index (χ3n) is 3.37. The van der Waals surface area contributed by atoms with E-state index >= 15 is 0 Å². The number of esters is 2. The Bertz CT molecular complexity index is 712. The molecule has 0 radical (unpaired) electrons. The average Bonchev–Trinajstić information content (AvgIpc) is 2.67. The molecule has 0 aromatic heterocycles. The van der Waals surface area contributed by atoms with Crippen LogP contribution in [0.3, 0.4) is 0 Å². The van der Waals surface area contributed by atoms with E-state index in [0.717, 1.165) is 0 Å². The molecule has 0 fully saturated rings. The van der Waals surface area contributed by atoms with E-state index in [1.54, 1.807) is 6.92 Å². The second kappa shape index (κ2) is 11.2. The normalized spacial score (nSPS) is 10.5. The van der Waals surface area contributed by atoms with Gasteiger partial charge in [0, 0.05) is 25.8 Å². The first-order valence-corrected chi connectivity index (χ1v) is 8.33. The summed E-state index contributed by atoms with van der Waals surface area (Å²) < 4.78 is 74.7. The number of hydrogen-bond acceptors (Lipinski definition) is 5. The molecule has 0 spiro atoms. The SMILES string of the molecule is CCC(=O)NCCCOC(=O)CCCC(=O)Oc1c(F)c(F)c(F)c(F)c1F. The Hall–Kier alpha value is -2.72. The first-order valence-electron chi connectivity index (χ1n) is 8.33. The molecule has 1 aromatic carbocycles. The van der Waals surface area contributed by atoms with Crippen LogP contribution in [0.2, 0.25) is 0 Å². The van der Waals surface area contributed by atoms with Crippen LogP contribution in [0, 0.1) is 29.1 Å².